The van der Waals surface area contributed by atoms with Gasteiger partial charge in [-0.3, -0.25) is 9.47 Å². The van der Waals surface area contributed by atoms with E-state index in [0.29, 0.717) is 30.9 Å². The molecule has 0 bridgehead atoms. The number of fused-ring (bicyclic) bond motifs is 1. The first kappa shape index (κ1) is 28.4. The Labute approximate surface area is 204 Å². The normalized spacial score (nSPS) is 14.1. The minimum Gasteiger partial charge on any atom is -0.443 e. The monoisotopic (exact) mass is 474 g/mol. The Balaban J connectivity index is 2.68. The van der Waals surface area contributed by atoms with E-state index in [0.717, 1.165) is 16.5 Å². The van der Waals surface area contributed by atoms with E-state index in [2.05, 4.69) is 45.7 Å². The van der Waals surface area contributed by atoms with E-state index in [1.165, 1.54) is 4.57 Å². The van der Waals surface area contributed by atoms with Gasteiger partial charge in [0.25, 0.3) is 0 Å². The van der Waals surface area contributed by atoms with Crippen LogP contribution in [0.4, 0.5) is 4.79 Å². The van der Waals surface area contributed by atoms with Crippen molar-refractivity contribution in [2.24, 2.45) is 5.41 Å². The molecule has 1 aromatic heterocycles. The Bertz CT molecular complexity index is 1010. The van der Waals surface area contributed by atoms with Gasteiger partial charge in [0.15, 0.2) is 0 Å². The van der Waals surface area contributed by atoms with E-state index >= 15 is 0 Å². The van der Waals surface area contributed by atoms with Gasteiger partial charge in [0.2, 0.25) is 0 Å². The summed E-state index contributed by atoms with van der Waals surface area (Å²) in [7, 11) is 0.237. The Hall–Kier alpha value is -1.87. The lowest BCUT2D eigenvalue weighted by atomic mass is 9.85. The minimum absolute atomic E-state index is 0.0577. The highest BCUT2D eigenvalue weighted by Gasteiger charge is 2.29. The van der Waals surface area contributed by atoms with Crippen molar-refractivity contribution in [2.75, 3.05) is 7.05 Å². The maximum Gasteiger partial charge on any atom is 0.506 e. The average Bonchev–Trinajstić information content (AvgIpc) is 3.02. The van der Waals surface area contributed by atoms with Crippen molar-refractivity contribution in [3.05, 3.63) is 29.3 Å². The van der Waals surface area contributed by atoms with Crippen molar-refractivity contribution in [3.8, 4) is 0 Å². The molecule has 190 valence electrons. The van der Waals surface area contributed by atoms with Crippen molar-refractivity contribution in [2.45, 2.75) is 98.9 Å². The summed E-state index contributed by atoms with van der Waals surface area (Å²) in [6.07, 6.45) is 0.438. The Morgan fingerprint density at radius 3 is 2.15 bits per heavy atom. The highest BCUT2D eigenvalue weighted by Crippen LogP contribution is 2.29. The predicted molar refractivity (Wildman–Crippen MR) is 138 cm³/mol. The van der Waals surface area contributed by atoms with E-state index in [-0.39, 0.29) is 11.0 Å². The average molecular weight is 474 g/mol. The lowest BCUT2D eigenvalue weighted by Gasteiger charge is -2.35. The molecular formula is C26H43BN2O5. The van der Waals surface area contributed by atoms with Gasteiger partial charge in [-0.05, 0) is 90.1 Å². The Kier molecular flexibility index (Phi) is 8.36. The molecule has 0 fully saturated rings. The molecule has 34 heavy (non-hydrogen) atoms. The van der Waals surface area contributed by atoms with Crippen LogP contribution in [-0.2, 0) is 17.7 Å². The maximum atomic E-state index is 13.1. The van der Waals surface area contributed by atoms with Gasteiger partial charge in [-0.15, -0.1) is 0 Å². The smallest absolute Gasteiger partial charge is 0.443 e. The number of benzene rings is 1. The number of nitrogens with zero attached hydrogens (tertiary/aromatic N) is 2. The molecule has 1 heterocycles. The van der Waals surface area contributed by atoms with Gasteiger partial charge in [-0.25, -0.2) is 4.79 Å². The lowest BCUT2D eigenvalue weighted by molar-refractivity contribution is 0.0547. The number of ether oxygens (including phenoxy) is 1. The molecule has 0 aliphatic heterocycles. The molecule has 7 nitrogen and oxygen atoms in total. The second kappa shape index (κ2) is 10.0. The molecule has 0 aliphatic rings. The quantitative estimate of drug-likeness (QED) is 0.530. The molecule has 0 amide bonds. The zero-order valence-corrected chi connectivity index (χ0v) is 22.6. The zero-order valence-electron chi connectivity index (χ0n) is 22.6. The Morgan fingerprint density at radius 2 is 1.68 bits per heavy atom. The number of carbonyl (C=O) groups excluding carboxylic acids is 1. The van der Waals surface area contributed by atoms with Crippen LogP contribution in [0.15, 0.2) is 18.2 Å². The van der Waals surface area contributed by atoms with Crippen LogP contribution in [0.3, 0.4) is 0 Å². The molecule has 8 heteroatoms. The topological polar surface area (TPSA) is 95.2 Å². The fraction of sp³-hybridized carbons (Fsp3) is 0.654. The van der Waals surface area contributed by atoms with E-state index in [9.17, 15) is 19.9 Å². The van der Waals surface area contributed by atoms with Crippen LogP contribution in [0.2, 0.25) is 0 Å². The molecule has 0 saturated carbocycles. The first-order valence-electron chi connectivity index (χ1n) is 12.0. The van der Waals surface area contributed by atoms with Crippen molar-refractivity contribution >= 4 is 29.7 Å². The summed E-state index contributed by atoms with van der Waals surface area (Å²) in [4.78, 5) is 15.4. The van der Waals surface area contributed by atoms with Gasteiger partial charge in [-0.1, -0.05) is 26.8 Å². The molecule has 2 rings (SSSR count). The number of hydrogen-bond acceptors (Lipinski definition) is 6. The van der Waals surface area contributed by atoms with Crippen LogP contribution in [-0.4, -0.2) is 62.1 Å². The molecule has 2 aromatic rings. The van der Waals surface area contributed by atoms with Crippen LogP contribution in [0.5, 0.6) is 0 Å². The second-order valence-corrected chi connectivity index (χ2v) is 12.2. The highest BCUT2D eigenvalue weighted by atomic mass is 16.6. The summed E-state index contributed by atoms with van der Waals surface area (Å²) in [5.41, 5.74) is 1.06. The number of carbonyl (C=O) groups is 1. The first-order valence-corrected chi connectivity index (χ1v) is 12.0. The number of aromatic nitrogens is 1. The van der Waals surface area contributed by atoms with Crippen molar-refractivity contribution < 1.29 is 24.7 Å². The fourth-order valence-corrected chi connectivity index (χ4v) is 3.99. The lowest BCUT2D eigenvalue weighted by Crippen LogP contribution is -2.41. The zero-order chi connectivity index (χ0) is 26.2. The summed E-state index contributed by atoms with van der Waals surface area (Å²) in [6.45, 7) is 18.3. The van der Waals surface area contributed by atoms with E-state index < -0.39 is 24.4 Å². The highest BCUT2D eigenvalue weighted by molar-refractivity contribution is 6.59. The molecule has 1 unspecified atom stereocenters. The summed E-state index contributed by atoms with van der Waals surface area (Å²) in [5.74, 6) is 0. The van der Waals surface area contributed by atoms with Crippen LogP contribution in [0.1, 0.15) is 79.9 Å². The number of rotatable bonds is 7. The molecule has 0 saturated heterocycles. The SMILES string of the molecule is CC(N(C)Cc1cc(CCC(C)(C)O)c2cc(B(O)O)n(C(=O)OC(C)(C)C)c2c1)C(C)(C)C. The predicted octanol–water partition coefficient (Wildman–Crippen LogP) is 3.67. The van der Waals surface area contributed by atoms with Gasteiger partial charge in [0, 0.05) is 18.0 Å². The molecule has 0 aliphatic carbocycles. The summed E-state index contributed by atoms with van der Waals surface area (Å²) in [6, 6.07) is 5.95. The van der Waals surface area contributed by atoms with Crippen molar-refractivity contribution in [3.63, 3.8) is 0 Å². The van der Waals surface area contributed by atoms with Crippen LogP contribution in [0, 0.1) is 5.41 Å². The third-order valence-electron chi connectivity index (χ3n) is 6.29. The summed E-state index contributed by atoms with van der Waals surface area (Å²) < 4.78 is 6.85. The van der Waals surface area contributed by atoms with Crippen molar-refractivity contribution in [1.82, 2.24) is 9.47 Å². The maximum absolute atomic E-state index is 13.1. The van der Waals surface area contributed by atoms with E-state index in [4.69, 9.17) is 4.74 Å². The largest absolute Gasteiger partial charge is 0.506 e. The van der Waals surface area contributed by atoms with Gasteiger partial charge in [0.1, 0.15) is 5.60 Å². The van der Waals surface area contributed by atoms with Crippen LogP contribution in [0.25, 0.3) is 10.9 Å². The number of hydrogen-bond donors (Lipinski definition) is 3. The van der Waals surface area contributed by atoms with Gasteiger partial charge in [-0.2, -0.15) is 0 Å². The van der Waals surface area contributed by atoms with Crippen LogP contribution < -0.4 is 5.59 Å². The first-order chi connectivity index (χ1) is 15.3. The molecule has 1 atom stereocenters. The summed E-state index contributed by atoms with van der Waals surface area (Å²) in [5, 5.41) is 31.2. The van der Waals surface area contributed by atoms with Gasteiger partial charge >= 0.3 is 13.2 Å². The standard InChI is InChI=1S/C26H43BN2O5/c1-17(24(2,3)4)28(10)16-18-13-19(11-12-26(8,9)31)20-15-22(27(32)33)29(21(20)14-18)23(30)34-25(5,6)7/h13-15,17,31-33H,11-12,16H2,1-10H3. The molecule has 1 aromatic carbocycles. The van der Waals surface area contributed by atoms with E-state index in [1.807, 2.05) is 6.07 Å². The summed E-state index contributed by atoms with van der Waals surface area (Å²) >= 11 is 0. The molecule has 0 radical (unpaired) electrons. The third-order valence-corrected chi connectivity index (χ3v) is 6.29. The third kappa shape index (κ3) is 7.31. The fourth-order valence-electron chi connectivity index (χ4n) is 3.99. The minimum atomic E-state index is -1.84. The second-order valence-electron chi connectivity index (χ2n) is 12.2. The molecule has 3 N–H and O–H groups in total. The van der Waals surface area contributed by atoms with Crippen LogP contribution >= 0.6 is 0 Å². The Morgan fingerprint density at radius 1 is 1.09 bits per heavy atom. The van der Waals surface area contributed by atoms with Crippen molar-refractivity contribution in [1.29, 1.82) is 0 Å². The van der Waals surface area contributed by atoms with Gasteiger partial charge < -0.3 is 19.9 Å². The van der Waals surface area contributed by atoms with Gasteiger partial charge in [0.05, 0.1) is 16.7 Å². The van der Waals surface area contributed by atoms with E-state index in [1.54, 1.807) is 40.7 Å². The number of aliphatic hydroxyl groups is 1. The molecule has 0 spiro atoms. The number of aryl methyl sites for hydroxylation is 1. The molecular weight excluding hydrogens is 431 g/mol.